The Morgan fingerprint density at radius 3 is 2.67 bits per heavy atom. The minimum absolute atomic E-state index is 0.0423. The number of aliphatic hydroxyl groups excluding tert-OH is 1. The number of carbonyl (C=O) groups is 1. The molecule has 0 heterocycles. The molecule has 0 unspecified atom stereocenters. The Morgan fingerprint density at radius 1 is 1.19 bits per heavy atom. The monoisotopic (exact) mass is 279 g/mol. The average Bonchev–Trinajstić information content (AvgIpc) is 2.50. The van der Waals surface area contributed by atoms with E-state index >= 15 is 0 Å². The van der Waals surface area contributed by atoms with Crippen LogP contribution in [0.25, 0.3) is 0 Å². The van der Waals surface area contributed by atoms with Crippen LogP contribution in [0, 0.1) is 18.8 Å². The Labute approximate surface area is 124 Å². The van der Waals surface area contributed by atoms with E-state index < -0.39 is 0 Å². The zero-order chi connectivity index (χ0) is 15.1. The summed E-state index contributed by atoms with van der Waals surface area (Å²) in [5.74, 6) is 5.60. The van der Waals surface area contributed by atoms with Gasteiger partial charge in [0.2, 0.25) is 0 Å². The molecule has 0 atom stereocenters. The largest absolute Gasteiger partial charge is 0.395 e. The van der Waals surface area contributed by atoms with E-state index in [1.165, 1.54) is 0 Å². The van der Waals surface area contributed by atoms with Crippen LogP contribution >= 0.6 is 0 Å². The van der Waals surface area contributed by atoms with Crippen LogP contribution in [0.4, 0.5) is 5.69 Å². The molecule has 21 heavy (non-hydrogen) atoms. The first kappa shape index (κ1) is 14.8. The van der Waals surface area contributed by atoms with Crippen molar-refractivity contribution in [1.82, 2.24) is 0 Å². The molecule has 0 aliphatic heterocycles. The highest BCUT2D eigenvalue weighted by molar-refractivity contribution is 6.04. The molecule has 0 aromatic heterocycles. The van der Waals surface area contributed by atoms with Crippen molar-refractivity contribution in [3.8, 4) is 11.8 Å². The van der Waals surface area contributed by atoms with Gasteiger partial charge in [0.15, 0.2) is 0 Å². The predicted molar refractivity (Wildman–Crippen MR) is 84.2 cm³/mol. The van der Waals surface area contributed by atoms with E-state index in [4.69, 9.17) is 5.11 Å². The van der Waals surface area contributed by atoms with Crippen molar-refractivity contribution in [2.45, 2.75) is 13.3 Å². The molecule has 0 spiro atoms. The number of hydrogen-bond acceptors (Lipinski definition) is 2. The van der Waals surface area contributed by atoms with Gasteiger partial charge in [-0.05, 0) is 37.3 Å². The van der Waals surface area contributed by atoms with E-state index in [0.717, 1.165) is 16.8 Å². The van der Waals surface area contributed by atoms with Gasteiger partial charge in [0.1, 0.15) is 0 Å². The number of benzene rings is 2. The molecule has 1 amide bonds. The lowest BCUT2D eigenvalue weighted by Crippen LogP contribution is -2.11. The maximum absolute atomic E-state index is 12.2. The number of hydrogen-bond donors (Lipinski definition) is 2. The summed E-state index contributed by atoms with van der Waals surface area (Å²) in [7, 11) is 0. The standard InChI is InChI=1S/C18H17NO2/c1-14-8-10-17(11-9-14)19-18(21)16-7-4-6-15(13-16)5-2-3-12-20/h4,6-11,13,20H,3,12H2,1H3,(H,19,21). The summed E-state index contributed by atoms with van der Waals surface area (Å²) in [5.41, 5.74) is 3.24. The molecule has 2 aromatic carbocycles. The lowest BCUT2D eigenvalue weighted by atomic mass is 10.1. The predicted octanol–water partition coefficient (Wildman–Crippen LogP) is 2.98. The molecule has 0 saturated heterocycles. The molecule has 0 aliphatic rings. The SMILES string of the molecule is Cc1ccc(NC(=O)c2cccc(C#CCCO)c2)cc1. The second-order valence-electron chi connectivity index (χ2n) is 4.68. The van der Waals surface area contributed by atoms with Crippen LogP contribution < -0.4 is 5.32 Å². The van der Waals surface area contributed by atoms with Gasteiger partial charge in [-0.1, -0.05) is 35.6 Å². The van der Waals surface area contributed by atoms with E-state index in [2.05, 4.69) is 17.2 Å². The van der Waals surface area contributed by atoms with Crippen molar-refractivity contribution in [2.24, 2.45) is 0 Å². The van der Waals surface area contributed by atoms with Gasteiger partial charge in [0.05, 0.1) is 6.61 Å². The van der Waals surface area contributed by atoms with E-state index in [1.54, 1.807) is 18.2 Å². The molecule has 3 nitrogen and oxygen atoms in total. The van der Waals surface area contributed by atoms with Gasteiger partial charge < -0.3 is 10.4 Å². The zero-order valence-electron chi connectivity index (χ0n) is 11.9. The highest BCUT2D eigenvalue weighted by Crippen LogP contribution is 2.11. The fraction of sp³-hybridized carbons (Fsp3) is 0.167. The van der Waals surface area contributed by atoms with Crippen molar-refractivity contribution in [1.29, 1.82) is 0 Å². The summed E-state index contributed by atoms with van der Waals surface area (Å²) in [5, 5.41) is 11.6. The molecular weight excluding hydrogens is 262 g/mol. The smallest absolute Gasteiger partial charge is 0.255 e. The number of rotatable bonds is 3. The van der Waals surface area contributed by atoms with Crippen LogP contribution in [-0.4, -0.2) is 17.6 Å². The van der Waals surface area contributed by atoms with Crippen LogP contribution in [0.2, 0.25) is 0 Å². The minimum atomic E-state index is -0.162. The molecule has 0 bridgehead atoms. The van der Waals surface area contributed by atoms with Crippen molar-refractivity contribution >= 4 is 11.6 Å². The number of carbonyl (C=O) groups excluding carboxylic acids is 1. The number of aryl methyl sites for hydroxylation is 1. The number of amides is 1. The van der Waals surface area contributed by atoms with Crippen LogP contribution in [-0.2, 0) is 0 Å². The van der Waals surface area contributed by atoms with Crippen molar-refractivity contribution in [2.75, 3.05) is 11.9 Å². The maximum atomic E-state index is 12.2. The molecular formula is C18H17NO2. The van der Waals surface area contributed by atoms with E-state index in [1.807, 2.05) is 37.3 Å². The summed E-state index contributed by atoms with van der Waals surface area (Å²) in [4.78, 5) is 12.2. The lowest BCUT2D eigenvalue weighted by molar-refractivity contribution is 0.102. The highest BCUT2D eigenvalue weighted by Gasteiger charge is 2.06. The lowest BCUT2D eigenvalue weighted by Gasteiger charge is -2.06. The Bertz CT molecular complexity index is 678. The fourth-order valence-corrected chi connectivity index (χ4v) is 1.80. The third-order valence-electron chi connectivity index (χ3n) is 2.90. The average molecular weight is 279 g/mol. The van der Waals surface area contributed by atoms with Gasteiger partial charge in [0, 0.05) is 23.2 Å². The fourth-order valence-electron chi connectivity index (χ4n) is 1.80. The highest BCUT2D eigenvalue weighted by atomic mass is 16.2. The van der Waals surface area contributed by atoms with Crippen LogP contribution in [0.15, 0.2) is 48.5 Å². The summed E-state index contributed by atoms with van der Waals surface area (Å²) >= 11 is 0. The first-order valence-electron chi connectivity index (χ1n) is 6.77. The molecule has 2 rings (SSSR count). The summed E-state index contributed by atoms with van der Waals surface area (Å²) in [6.45, 7) is 2.04. The Balaban J connectivity index is 2.11. The number of nitrogens with one attached hydrogen (secondary N) is 1. The molecule has 2 N–H and O–H groups in total. The van der Waals surface area contributed by atoms with Gasteiger partial charge in [-0.3, -0.25) is 4.79 Å². The number of aliphatic hydroxyl groups is 1. The van der Waals surface area contributed by atoms with Crippen molar-refractivity contribution < 1.29 is 9.90 Å². The first-order chi connectivity index (χ1) is 10.2. The van der Waals surface area contributed by atoms with Gasteiger partial charge in [-0.15, -0.1) is 0 Å². The summed E-state index contributed by atoms with van der Waals surface area (Å²) in [6.07, 6.45) is 0.430. The van der Waals surface area contributed by atoms with Crippen molar-refractivity contribution in [3.05, 3.63) is 65.2 Å². The third-order valence-corrected chi connectivity index (χ3v) is 2.90. The van der Waals surface area contributed by atoms with E-state index in [0.29, 0.717) is 12.0 Å². The topological polar surface area (TPSA) is 49.3 Å². The van der Waals surface area contributed by atoms with Crippen LogP contribution in [0.3, 0.4) is 0 Å². The van der Waals surface area contributed by atoms with E-state index in [-0.39, 0.29) is 12.5 Å². The molecule has 0 saturated carbocycles. The normalized spacial score (nSPS) is 9.62. The van der Waals surface area contributed by atoms with Crippen LogP contribution in [0.1, 0.15) is 27.9 Å². The van der Waals surface area contributed by atoms with Gasteiger partial charge >= 0.3 is 0 Å². The van der Waals surface area contributed by atoms with Gasteiger partial charge in [0.25, 0.3) is 5.91 Å². The maximum Gasteiger partial charge on any atom is 0.255 e. The third kappa shape index (κ3) is 4.48. The van der Waals surface area contributed by atoms with E-state index in [9.17, 15) is 4.79 Å². The Morgan fingerprint density at radius 2 is 1.95 bits per heavy atom. The quantitative estimate of drug-likeness (QED) is 0.849. The molecule has 3 heteroatoms. The van der Waals surface area contributed by atoms with Crippen LogP contribution in [0.5, 0.6) is 0 Å². The number of anilines is 1. The molecule has 0 aliphatic carbocycles. The van der Waals surface area contributed by atoms with Crippen molar-refractivity contribution in [3.63, 3.8) is 0 Å². The summed E-state index contributed by atoms with van der Waals surface area (Å²) < 4.78 is 0. The molecule has 106 valence electrons. The zero-order valence-corrected chi connectivity index (χ0v) is 11.9. The second-order valence-corrected chi connectivity index (χ2v) is 4.68. The molecule has 0 fully saturated rings. The second kappa shape index (κ2) is 7.28. The Hall–Kier alpha value is -2.57. The summed E-state index contributed by atoms with van der Waals surface area (Å²) in [6, 6.07) is 14.8. The van der Waals surface area contributed by atoms with Gasteiger partial charge in [-0.25, -0.2) is 0 Å². The molecule has 0 radical (unpaired) electrons. The Kier molecular flexibility index (Phi) is 5.14. The molecule has 2 aromatic rings. The minimum Gasteiger partial charge on any atom is -0.395 e. The first-order valence-corrected chi connectivity index (χ1v) is 6.77. The van der Waals surface area contributed by atoms with Gasteiger partial charge in [-0.2, -0.15) is 0 Å².